The zero-order valence-corrected chi connectivity index (χ0v) is 10.7. The minimum absolute atomic E-state index is 0.0720. The van der Waals surface area contributed by atoms with Gasteiger partial charge in [0.25, 0.3) is 0 Å². The molecule has 94 valence electrons. The summed E-state index contributed by atoms with van der Waals surface area (Å²) in [7, 11) is 0. The number of ether oxygens (including phenoxy) is 2. The molecule has 0 aromatic heterocycles. The van der Waals surface area contributed by atoms with Crippen molar-refractivity contribution in [1.82, 2.24) is 0 Å². The normalized spacial score (nSPS) is 29.7. The first-order valence-electron chi connectivity index (χ1n) is 6.60. The highest BCUT2D eigenvalue weighted by molar-refractivity contribution is 5.61. The molecule has 0 aromatic carbocycles. The van der Waals surface area contributed by atoms with E-state index in [1.54, 1.807) is 0 Å². The highest BCUT2D eigenvalue weighted by atomic mass is 16.7. The zero-order valence-electron chi connectivity index (χ0n) is 10.7. The Morgan fingerprint density at radius 2 is 1.31 bits per heavy atom. The van der Waals surface area contributed by atoms with E-state index < -0.39 is 6.16 Å². The van der Waals surface area contributed by atoms with Crippen molar-refractivity contribution in [3.05, 3.63) is 0 Å². The molecular weight excluding hydrogens is 204 g/mol. The number of carbonyl (C=O) groups excluding carboxylic acids is 1. The average Bonchev–Trinajstić information content (AvgIpc) is 2.24. The Labute approximate surface area is 98.5 Å². The Bertz CT molecular complexity index is 197. The van der Waals surface area contributed by atoms with Crippen molar-refractivity contribution in [3.63, 3.8) is 0 Å². The van der Waals surface area contributed by atoms with Crippen molar-refractivity contribution in [2.24, 2.45) is 5.92 Å². The van der Waals surface area contributed by atoms with Gasteiger partial charge in [0, 0.05) is 5.92 Å². The molecule has 1 fully saturated rings. The fourth-order valence-electron chi connectivity index (χ4n) is 2.51. The van der Waals surface area contributed by atoms with Gasteiger partial charge in [-0.1, -0.05) is 40.0 Å². The molecule has 0 amide bonds. The monoisotopic (exact) mass is 228 g/mol. The topological polar surface area (TPSA) is 35.5 Å². The largest absolute Gasteiger partial charge is 0.508 e. The molecule has 0 saturated carbocycles. The molecule has 0 aromatic rings. The molecule has 0 radical (unpaired) electrons. The van der Waals surface area contributed by atoms with E-state index in [2.05, 4.69) is 20.8 Å². The van der Waals surface area contributed by atoms with Crippen LogP contribution in [-0.4, -0.2) is 18.4 Å². The molecule has 0 N–H and O–H groups in total. The number of carbonyl (C=O) groups is 1. The van der Waals surface area contributed by atoms with Gasteiger partial charge in [-0.2, -0.15) is 0 Å². The quantitative estimate of drug-likeness (QED) is 0.647. The van der Waals surface area contributed by atoms with Crippen molar-refractivity contribution in [2.75, 3.05) is 0 Å². The molecule has 0 bridgehead atoms. The fraction of sp³-hybridized carbons (Fsp3) is 0.923. The SMILES string of the molecule is CCCC1OC(=O)OC(CCC)C1CCC. The molecule has 0 spiro atoms. The summed E-state index contributed by atoms with van der Waals surface area (Å²) < 4.78 is 10.6. The lowest BCUT2D eigenvalue weighted by molar-refractivity contribution is -0.107. The van der Waals surface area contributed by atoms with Gasteiger partial charge in [-0.05, 0) is 19.3 Å². The van der Waals surface area contributed by atoms with E-state index in [-0.39, 0.29) is 12.2 Å². The van der Waals surface area contributed by atoms with E-state index in [0.717, 1.165) is 38.5 Å². The second-order valence-electron chi connectivity index (χ2n) is 4.59. The van der Waals surface area contributed by atoms with E-state index in [1.165, 1.54) is 0 Å². The third kappa shape index (κ3) is 3.39. The molecule has 2 atom stereocenters. The second-order valence-corrected chi connectivity index (χ2v) is 4.59. The lowest BCUT2D eigenvalue weighted by atomic mass is 9.86. The van der Waals surface area contributed by atoms with Crippen LogP contribution in [-0.2, 0) is 9.47 Å². The summed E-state index contributed by atoms with van der Waals surface area (Å²) in [5, 5.41) is 0. The maximum atomic E-state index is 11.3. The minimum atomic E-state index is -0.468. The van der Waals surface area contributed by atoms with Crippen molar-refractivity contribution in [3.8, 4) is 0 Å². The molecule has 1 aliphatic heterocycles. The van der Waals surface area contributed by atoms with Gasteiger partial charge in [-0.15, -0.1) is 0 Å². The summed E-state index contributed by atoms with van der Waals surface area (Å²) >= 11 is 0. The summed E-state index contributed by atoms with van der Waals surface area (Å²) in [5.41, 5.74) is 0. The maximum absolute atomic E-state index is 11.3. The van der Waals surface area contributed by atoms with Crippen molar-refractivity contribution < 1.29 is 14.3 Å². The smallest absolute Gasteiger partial charge is 0.431 e. The highest BCUT2D eigenvalue weighted by Gasteiger charge is 2.38. The van der Waals surface area contributed by atoms with Gasteiger partial charge >= 0.3 is 6.16 Å². The lowest BCUT2D eigenvalue weighted by Gasteiger charge is -2.37. The molecular formula is C13H24O3. The molecule has 16 heavy (non-hydrogen) atoms. The van der Waals surface area contributed by atoms with Gasteiger partial charge in [0.05, 0.1) is 0 Å². The summed E-state index contributed by atoms with van der Waals surface area (Å²) in [6.07, 6.45) is 5.90. The Morgan fingerprint density at radius 3 is 1.69 bits per heavy atom. The average molecular weight is 228 g/mol. The van der Waals surface area contributed by atoms with Gasteiger partial charge in [0.1, 0.15) is 12.2 Å². The third-order valence-corrected chi connectivity index (χ3v) is 3.22. The van der Waals surface area contributed by atoms with Gasteiger partial charge in [0.2, 0.25) is 0 Å². The Morgan fingerprint density at radius 1 is 0.875 bits per heavy atom. The van der Waals surface area contributed by atoms with Gasteiger partial charge in [0.15, 0.2) is 0 Å². The lowest BCUT2D eigenvalue weighted by Crippen LogP contribution is -2.43. The van der Waals surface area contributed by atoms with E-state index in [1.807, 2.05) is 0 Å². The summed E-state index contributed by atoms with van der Waals surface area (Å²) in [6.45, 7) is 6.42. The van der Waals surface area contributed by atoms with E-state index >= 15 is 0 Å². The Kier molecular flexibility index (Phi) is 5.64. The standard InChI is InChI=1S/C13H24O3/c1-4-7-10-11(8-5-2)15-13(14)16-12(10)9-6-3/h10-12H,4-9H2,1-3H3. The van der Waals surface area contributed by atoms with Crippen LogP contribution in [0.15, 0.2) is 0 Å². The first-order chi connectivity index (χ1) is 7.72. The number of rotatable bonds is 6. The summed E-state index contributed by atoms with van der Waals surface area (Å²) in [4.78, 5) is 11.3. The molecule has 1 heterocycles. The number of hydrogen-bond donors (Lipinski definition) is 0. The summed E-state index contributed by atoms with van der Waals surface area (Å²) in [5.74, 6) is 0.391. The van der Waals surface area contributed by atoms with Crippen LogP contribution in [0.1, 0.15) is 59.3 Å². The molecule has 1 saturated heterocycles. The summed E-state index contributed by atoms with van der Waals surface area (Å²) in [6, 6.07) is 0. The molecule has 3 heteroatoms. The molecule has 1 aliphatic rings. The van der Waals surface area contributed by atoms with Gasteiger partial charge in [-0.3, -0.25) is 0 Å². The Balaban J connectivity index is 2.67. The van der Waals surface area contributed by atoms with E-state index in [9.17, 15) is 4.79 Å². The van der Waals surface area contributed by atoms with Crippen molar-refractivity contribution >= 4 is 6.16 Å². The van der Waals surface area contributed by atoms with Crippen LogP contribution >= 0.6 is 0 Å². The maximum Gasteiger partial charge on any atom is 0.508 e. The Hall–Kier alpha value is -0.730. The molecule has 1 rings (SSSR count). The zero-order chi connectivity index (χ0) is 12.0. The number of hydrogen-bond acceptors (Lipinski definition) is 3. The highest BCUT2D eigenvalue weighted by Crippen LogP contribution is 2.31. The van der Waals surface area contributed by atoms with Gasteiger partial charge < -0.3 is 9.47 Å². The second kappa shape index (κ2) is 6.77. The predicted molar refractivity (Wildman–Crippen MR) is 63.4 cm³/mol. The molecule has 2 unspecified atom stereocenters. The predicted octanol–water partition coefficient (Wildman–Crippen LogP) is 3.91. The van der Waals surface area contributed by atoms with Crippen LogP contribution < -0.4 is 0 Å². The fourth-order valence-corrected chi connectivity index (χ4v) is 2.51. The first kappa shape index (κ1) is 13.3. The minimum Gasteiger partial charge on any atom is -0.431 e. The third-order valence-electron chi connectivity index (χ3n) is 3.22. The van der Waals surface area contributed by atoms with Crippen LogP contribution in [0.5, 0.6) is 0 Å². The van der Waals surface area contributed by atoms with E-state index in [4.69, 9.17) is 9.47 Å². The van der Waals surface area contributed by atoms with Crippen LogP contribution in [0.4, 0.5) is 4.79 Å². The number of cyclic esters (lactones) is 2. The molecule has 0 aliphatic carbocycles. The van der Waals surface area contributed by atoms with Gasteiger partial charge in [-0.25, -0.2) is 4.79 Å². The first-order valence-corrected chi connectivity index (χ1v) is 6.60. The van der Waals surface area contributed by atoms with Crippen LogP contribution in [0.3, 0.4) is 0 Å². The van der Waals surface area contributed by atoms with Crippen molar-refractivity contribution in [2.45, 2.75) is 71.5 Å². The van der Waals surface area contributed by atoms with Crippen LogP contribution in [0, 0.1) is 5.92 Å². The van der Waals surface area contributed by atoms with Crippen molar-refractivity contribution in [1.29, 1.82) is 0 Å². The van der Waals surface area contributed by atoms with E-state index in [0.29, 0.717) is 5.92 Å². The molecule has 3 nitrogen and oxygen atoms in total. The van der Waals surface area contributed by atoms with Crippen LogP contribution in [0.2, 0.25) is 0 Å². The van der Waals surface area contributed by atoms with Crippen LogP contribution in [0.25, 0.3) is 0 Å².